The monoisotopic (exact) mass is 654 g/mol. The molecule has 6 rings (SSSR count). The zero-order chi connectivity index (χ0) is 30.5. The minimum Gasteiger partial charge on any atom is -0.342 e. The minimum atomic E-state index is -4.10. The summed E-state index contributed by atoms with van der Waals surface area (Å²) in [5, 5.41) is 3.62. The Bertz CT molecular complexity index is 2070. The van der Waals surface area contributed by atoms with Crippen molar-refractivity contribution in [3.8, 4) is 0 Å². The quantitative estimate of drug-likeness (QED) is 0.215. The van der Waals surface area contributed by atoms with Crippen LogP contribution in [0.1, 0.15) is 28.0 Å². The van der Waals surface area contributed by atoms with Crippen LogP contribution < -0.4 is 13.9 Å². The number of anilines is 3. The highest BCUT2D eigenvalue weighted by molar-refractivity contribution is 7.93. The third-order valence-electron chi connectivity index (χ3n) is 7.34. The molecule has 1 amide bonds. The lowest BCUT2D eigenvalue weighted by Gasteiger charge is -2.28. The number of aromatic nitrogens is 1. The second-order valence-electron chi connectivity index (χ2n) is 10.2. The maximum atomic E-state index is 14.1. The van der Waals surface area contributed by atoms with Gasteiger partial charge in [0.2, 0.25) is 0 Å². The molecule has 0 saturated heterocycles. The summed E-state index contributed by atoms with van der Waals surface area (Å²) in [6.07, 6.45) is 0.244. The number of aromatic amines is 1. The van der Waals surface area contributed by atoms with E-state index in [1.54, 1.807) is 80.6 Å². The predicted molar refractivity (Wildman–Crippen MR) is 172 cm³/mol. The van der Waals surface area contributed by atoms with Crippen LogP contribution in [0.25, 0.3) is 10.2 Å². The topological polar surface area (TPSA) is 120 Å². The van der Waals surface area contributed by atoms with E-state index in [4.69, 9.17) is 11.6 Å². The predicted octanol–water partition coefficient (Wildman–Crippen LogP) is 6.55. The Hall–Kier alpha value is -3.84. The lowest BCUT2D eigenvalue weighted by atomic mass is 10.2. The van der Waals surface area contributed by atoms with E-state index in [0.717, 1.165) is 10.2 Å². The molecule has 2 N–H and O–H groups in total. The lowest BCUT2D eigenvalue weighted by Crippen LogP contribution is -2.32. The number of hydrogen-bond acceptors (Lipinski definition) is 6. The second-order valence-corrected chi connectivity index (χ2v) is 15.6. The van der Waals surface area contributed by atoms with Gasteiger partial charge in [-0.05, 0) is 73.9 Å². The average molecular weight is 655 g/mol. The fourth-order valence-electron chi connectivity index (χ4n) is 5.25. The van der Waals surface area contributed by atoms with Crippen LogP contribution in [0.2, 0.25) is 4.34 Å². The van der Waals surface area contributed by atoms with E-state index in [2.05, 4.69) is 10.3 Å². The molecule has 0 aliphatic carbocycles. The van der Waals surface area contributed by atoms with Crippen molar-refractivity contribution in [1.29, 1.82) is 0 Å². The van der Waals surface area contributed by atoms with Crippen molar-refractivity contribution in [2.45, 2.75) is 30.1 Å². The van der Waals surface area contributed by atoms with Gasteiger partial charge in [-0.1, -0.05) is 48.0 Å². The molecule has 0 radical (unpaired) electrons. The molecule has 1 aliphatic heterocycles. The van der Waals surface area contributed by atoms with Crippen molar-refractivity contribution in [1.82, 2.24) is 4.98 Å². The van der Waals surface area contributed by atoms with Crippen molar-refractivity contribution >= 4 is 76.2 Å². The summed E-state index contributed by atoms with van der Waals surface area (Å²) in [4.78, 5) is 17.2. The van der Waals surface area contributed by atoms with Crippen LogP contribution in [-0.4, -0.2) is 40.8 Å². The van der Waals surface area contributed by atoms with Crippen LogP contribution in [0.3, 0.4) is 0 Å². The largest absolute Gasteiger partial charge is 0.342 e. The Kier molecular flexibility index (Phi) is 7.49. The molecule has 9 nitrogen and oxygen atoms in total. The van der Waals surface area contributed by atoms with E-state index in [0.29, 0.717) is 26.8 Å². The molecule has 0 fully saturated rings. The summed E-state index contributed by atoms with van der Waals surface area (Å²) in [5.74, 6) is -0.439. The third kappa shape index (κ3) is 5.29. The molecular weight excluding hydrogens is 628 g/mol. The molecule has 3 heterocycles. The van der Waals surface area contributed by atoms with Gasteiger partial charge in [-0.15, -0.1) is 11.3 Å². The summed E-state index contributed by atoms with van der Waals surface area (Å²) < 4.78 is 59.3. The maximum Gasteiger partial charge on any atom is 0.272 e. The molecule has 0 spiro atoms. The van der Waals surface area contributed by atoms with Gasteiger partial charge in [-0.2, -0.15) is 0 Å². The average Bonchev–Trinajstić information content (AvgIpc) is 3.44. The zero-order valence-electron chi connectivity index (χ0n) is 23.2. The van der Waals surface area contributed by atoms with Gasteiger partial charge in [-0.25, -0.2) is 16.8 Å². The Balaban J connectivity index is 1.46. The van der Waals surface area contributed by atoms with Gasteiger partial charge >= 0.3 is 0 Å². The summed E-state index contributed by atoms with van der Waals surface area (Å²) in [6, 6.07) is 21.4. The van der Waals surface area contributed by atoms with Gasteiger partial charge in [0, 0.05) is 24.2 Å². The van der Waals surface area contributed by atoms with E-state index >= 15 is 0 Å². The normalized spacial score (nSPS) is 14.0. The number of amides is 1. The Morgan fingerprint density at radius 2 is 1.40 bits per heavy atom. The van der Waals surface area contributed by atoms with Crippen LogP contribution >= 0.6 is 22.9 Å². The van der Waals surface area contributed by atoms with E-state index < -0.39 is 26.0 Å². The molecule has 3 aromatic carbocycles. The zero-order valence-corrected chi connectivity index (χ0v) is 26.4. The lowest BCUT2D eigenvalue weighted by molar-refractivity contribution is 0.102. The fourth-order valence-corrected chi connectivity index (χ4v) is 9.86. The van der Waals surface area contributed by atoms with Crippen molar-refractivity contribution < 1.29 is 21.6 Å². The van der Waals surface area contributed by atoms with E-state index in [1.807, 2.05) is 0 Å². The summed E-state index contributed by atoms with van der Waals surface area (Å²) >= 11 is 7.38. The first-order chi connectivity index (χ1) is 20.5. The molecule has 43 heavy (non-hydrogen) atoms. The smallest absolute Gasteiger partial charge is 0.272 e. The molecule has 13 heteroatoms. The third-order valence-corrected chi connectivity index (χ3v) is 12.5. The first-order valence-corrected chi connectivity index (χ1v) is 17.4. The number of nitrogens with one attached hydrogen (secondary N) is 2. The SMILES string of the molecule is Cc1ccccc1S(=O)(=O)N1CCCN(S(=O)(=O)c2ccccc2C)c2cc(NC(=O)c3cc4cc(Cl)sc4[nH]3)ccc21. The number of sulfonamides is 2. The highest BCUT2D eigenvalue weighted by Gasteiger charge is 2.36. The van der Waals surface area contributed by atoms with Crippen LogP contribution in [0.15, 0.2) is 88.7 Å². The van der Waals surface area contributed by atoms with E-state index in [1.165, 1.54) is 32.1 Å². The summed E-state index contributed by atoms with van der Waals surface area (Å²) in [5.41, 5.74) is 2.10. The first-order valence-electron chi connectivity index (χ1n) is 13.4. The molecule has 222 valence electrons. The highest BCUT2D eigenvalue weighted by Crippen LogP contribution is 2.41. The molecule has 5 aromatic rings. The van der Waals surface area contributed by atoms with Gasteiger partial charge in [0.05, 0.1) is 25.5 Å². The summed E-state index contributed by atoms with van der Waals surface area (Å²) in [6.45, 7) is 3.54. The number of halogens is 1. The molecule has 0 saturated carbocycles. The van der Waals surface area contributed by atoms with Gasteiger partial charge in [0.1, 0.15) is 10.5 Å². The van der Waals surface area contributed by atoms with Gasteiger partial charge < -0.3 is 10.3 Å². The summed E-state index contributed by atoms with van der Waals surface area (Å²) in [7, 11) is -8.15. The molecule has 2 aromatic heterocycles. The number of rotatable bonds is 6. The highest BCUT2D eigenvalue weighted by atomic mass is 35.5. The molecule has 0 bridgehead atoms. The van der Waals surface area contributed by atoms with E-state index in [-0.39, 0.29) is 40.7 Å². The fraction of sp³-hybridized carbons (Fsp3) is 0.167. The Morgan fingerprint density at radius 3 is 1.98 bits per heavy atom. The van der Waals surface area contributed by atoms with Crippen LogP contribution in [0.5, 0.6) is 0 Å². The molecular formula is C30H27ClN4O5S3. The maximum absolute atomic E-state index is 14.1. The van der Waals surface area contributed by atoms with E-state index in [9.17, 15) is 21.6 Å². The van der Waals surface area contributed by atoms with Crippen molar-refractivity contribution in [3.05, 3.63) is 100 Å². The van der Waals surface area contributed by atoms with Crippen LogP contribution in [0.4, 0.5) is 17.1 Å². The van der Waals surface area contributed by atoms with Crippen molar-refractivity contribution in [3.63, 3.8) is 0 Å². The number of carbonyl (C=O) groups is 1. The number of H-pyrrole nitrogens is 1. The first kappa shape index (κ1) is 29.2. The molecule has 0 unspecified atom stereocenters. The van der Waals surface area contributed by atoms with Crippen molar-refractivity contribution in [2.24, 2.45) is 0 Å². The number of carbonyl (C=O) groups excluding carboxylic acids is 1. The number of hydrogen-bond donors (Lipinski definition) is 2. The number of thiophene rings is 1. The Labute approximate surface area is 258 Å². The second kappa shape index (κ2) is 11.0. The molecule has 1 aliphatic rings. The van der Waals surface area contributed by atoms with Crippen LogP contribution in [0, 0.1) is 13.8 Å². The molecule has 0 atom stereocenters. The van der Waals surface area contributed by atoms with Crippen LogP contribution in [-0.2, 0) is 20.0 Å². The Morgan fingerprint density at radius 1 is 0.814 bits per heavy atom. The minimum absolute atomic E-state index is 0.0362. The van der Waals surface area contributed by atoms with Gasteiger partial charge in [-0.3, -0.25) is 13.4 Å². The number of fused-ring (bicyclic) bond motifs is 2. The van der Waals surface area contributed by atoms with Crippen molar-refractivity contribution in [2.75, 3.05) is 27.0 Å². The standard InChI is InChI=1S/C30H27ClN4O5S3/c1-19-8-3-5-10-26(19)42(37,38)34-14-7-15-35(43(39,40)27-11-6-4-9-20(27)2)25-18-22(12-13-24(25)34)32-29(36)23-16-21-17-28(31)41-30(21)33-23/h3-6,8-13,16-18,33H,7,14-15H2,1-2H3,(H,32,36). The number of nitrogens with zero attached hydrogens (tertiary/aromatic N) is 2. The number of aryl methyl sites for hydroxylation is 2. The number of benzene rings is 3. The van der Waals surface area contributed by atoms with Gasteiger partial charge in [0.25, 0.3) is 26.0 Å². The van der Waals surface area contributed by atoms with Gasteiger partial charge in [0.15, 0.2) is 0 Å².